The maximum atomic E-state index is 13.9. The number of benzene rings is 2. The van der Waals surface area contributed by atoms with E-state index in [0.717, 1.165) is 23.9 Å². The number of anilines is 1. The molecule has 28 heavy (non-hydrogen) atoms. The predicted molar refractivity (Wildman–Crippen MR) is 105 cm³/mol. The van der Waals surface area contributed by atoms with Crippen molar-refractivity contribution in [1.29, 1.82) is 0 Å². The van der Waals surface area contributed by atoms with Crippen molar-refractivity contribution in [2.45, 2.75) is 18.9 Å². The van der Waals surface area contributed by atoms with Crippen LogP contribution in [0.1, 0.15) is 23.2 Å². The lowest BCUT2D eigenvalue weighted by atomic mass is 10.0. The number of nitrogens with zero attached hydrogens (tertiary/aromatic N) is 3. The number of rotatable bonds is 4. The molecule has 3 aromatic rings. The van der Waals surface area contributed by atoms with Crippen LogP contribution in [0.25, 0.3) is 11.0 Å². The van der Waals surface area contributed by atoms with Gasteiger partial charge < -0.3 is 15.0 Å². The summed E-state index contributed by atoms with van der Waals surface area (Å²) in [6, 6.07) is 12.1. The number of piperidine rings is 1. The van der Waals surface area contributed by atoms with Crippen molar-refractivity contribution in [1.82, 2.24) is 14.9 Å². The highest BCUT2D eigenvalue weighted by molar-refractivity contribution is 5.97. The summed E-state index contributed by atoms with van der Waals surface area (Å²) in [6.45, 7) is 1.13. The van der Waals surface area contributed by atoms with Gasteiger partial charge >= 0.3 is 0 Å². The standard InChI is InChI=1S/C21H21FN4O2/c1-28-20-15(7-4-8-16(20)22)21(27)26-11-5-6-14(13-26)24-19-12-23-17-9-2-3-10-18(17)25-19/h2-4,7-10,12,14H,5-6,11,13H2,1H3,(H,24,25). The highest BCUT2D eigenvalue weighted by atomic mass is 19.1. The van der Waals surface area contributed by atoms with Gasteiger partial charge in [-0.3, -0.25) is 9.78 Å². The number of hydrogen-bond donors (Lipinski definition) is 1. The fourth-order valence-electron chi connectivity index (χ4n) is 3.57. The molecule has 1 aliphatic rings. The van der Waals surface area contributed by atoms with E-state index < -0.39 is 5.82 Å². The third-order valence-electron chi connectivity index (χ3n) is 4.91. The number of carbonyl (C=O) groups is 1. The Labute approximate surface area is 162 Å². The van der Waals surface area contributed by atoms with Crippen molar-refractivity contribution in [3.8, 4) is 5.75 Å². The van der Waals surface area contributed by atoms with Gasteiger partial charge in [0.15, 0.2) is 11.6 Å². The minimum absolute atomic E-state index is 0.0111. The summed E-state index contributed by atoms with van der Waals surface area (Å²) in [5, 5.41) is 3.38. The van der Waals surface area contributed by atoms with Gasteiger partial charge in [-0.15, -0.1) is 0 Å². The number of carbonyl (C=O) groups excluding carboxylic acids is 1. The molecule has 2 heterocycles. The largest absolute Gasteiger partial charge is 0.493 e. The Kier molecular flexibility index (Phi) is 5.06. The molecule has 1 N–H and O–H groups in total. The maximum absolute atomic E-state index is 13.9. The lowest BCUT2D eigenvalue weighted by Crippen LogP contribution is -2.45. The second-order valence-corrected chi connectivity index (χ2v) is 6.80. The van der Waals surface area contributed by atoms with Crippen LogP contribution in [-0.4, -0.2) is 47.0 Å². The molecular formula is C21H21FN4O2. The molecule has 4 rings (SSSR count). The van der Waals surface area contributed by atoms with Crippen molar-refractivity contribution in [2.24, 2.45) is 0 Å². The highest BCUT2D eigenvalue weighted by Crippen LogP contribution is 2.25. The number of amides is 1. The Morgan fingerprint density at radius 2 is 2.04 bits per heavy atom. The van der Waals surface area contributed by atoms with Crippen LogP contribution >= 0.6 is 0 Å². The molecular weight excluding hydrogens is 359 g/mol. The Bertz CT molecular complexity index is 1010. The highest BCUT2D eigenvalue weighted by Gasteiger charge is 2.27. The summed E-state index contributed by atoms with van der Waals surface area (Å²) in [5.41, 5.74) is 1.90. The van der Waals surface area contributed by atoms with Crippen LogP contribution in [0.2, 0.25) is 0 Å². The predicted octanol–water partition coefficient (Wildman–Crippen LogP) is 3.49. The molecule has 1 amide bonds. The second-order valence-electron chi connectivity index (χ2n) is 6.80. The molecule has 2 aromatic carbocycles. The van der Waals surface area contributed by atoms with Crippen LogP contribution in [0.5, 0.6) is 5.75 Å². The Hall–Kier alpha value is -3.22. The van der Waals surface area contributed by atoms with Crippen molar-refractivity contribution < 1.29 is 13.9 Å². The topological polar surface area (TPSA) is 67.3 Å². The first-order chi connectivity index (χ1) is 13.7. The molecule has 1 fully saturated rings. The first-order valence-corrected chi connectivity index (χ1v) is 9.26. The molecule has 1 saturated heterocycles. The average molecular weight is 380 g/mol. The summed E-state index contributed by atoms with van der Waals surface area (Å²) in [7, 11) is 1.37. The normalized spacial score (nSPS) is 16.8. The molecule has 0 bridgehead atoms. The number of para-hydroxylation sites is 3. The van der Waals surface area contributed by atoms with Gasteiger partial charge in [-0.25, -0.2) is 9.37 Å². The van der Waals surface area contributed by atoms with E-state index in [1.54, 1.807) is 17.2 Å². The molecule has 1 atom stereocenters. The first-order valence-electron chi connectivity index (χ1n) is 9.26. The molecule has 1 aliphatic heterocycles. The van der Waals surface area contributed by atoms with E-state index in [-0.39, 0.29) is 23.3 Å². The molecule has 0 aliphatic carbocycles. The number of ether oxygens (including phenoxy) is 1. The molecule has 144 valence electrons. The Morgan fingerprint density at radius 1 is 1.21 bits per heavy atom. The van der Waals surface area contributed by atoms with Crippen LogP contribution in [0.3, 0.4) is 0 Å². The van der Waals surface area contributed by atoms with Crippen LogP contribution < -0.4 is 10.1 Å². The third kappa shape index (κ3) is 3.60. The summed E-state index contributed by atoms with van der Waals surface area (Å²) in [4.78, 5) is 23.7. The number of nitrogens with one attached hydrogen (secondary N) is 1. The van der Waals surface area contributed by atoms with E-state index in [9.17, 15) is 9.18 Å². The van der Waals surface area contributed by atoms with Gasteiger partial charge in [-0.1, -0.05) is 18.2 Å². The summed E-state index contributed by atoms with van der Waals surface area (Å²) >= 11 is 0. The van der Waals surface area contributed by atoms with E-state index in [4.69, 9.17) is 4.74 Å². The maximum Gasteiger partial charge on any atom is 0.257 e. The van der Waals surface area contributed by atoms with Crippen LogP contribution in [0.4, 0.5) is 10.2 Å². The number of hydrogen-bond acceptors (Lipinski definition) is 5. The molecule has 0 saturated carbocycles. The fraction of sp³-hybridized carbons (Fsp3) is 0.286. The van der Waals surface area contributed by atoms with Crippen LogP contribution in [0.15, 0.2) is 48.7 Å². The minimum Gasteiger partial charge on any atom is -0.493 e. The molecule has 7 heteroatoms. The van der Waals surface area contributed by atoms with Gasteiger partial charge in [0.2, 0.25) is 0 Å². The average Bonchev–Trinajstić information content (AvgIpc) is 2.73. The summed E-state index contributed by atoms with van der Waals surface area (Å²) in [6.07, 6.45) is 3.47. The van der Waals surface area contributed by atoms with Gasteiger partial charge in [0.05, 0.1) is 29.9 Å². The smallest absolute Gasteiger partial charge is 0.257 e. The van der Waals surface area contributed by atoms with E-state index >= 15 is 0 Å². The summed E-state index contributed by atoms with van der Waals surface area (Å²) in [5.74, 6) is -0.0942. The quantitative estimate of drug-likeness (QED) is 0.750. The Balaban J connectivity index is 1.49. The fourth-order valence-corrected chi connectivity index (χ4v) is 3.57. The molecule has 0 spiro atoms. The van der Waals surface area contributed by atoms with E-state index in [0.29, 0.717) is 18.9 Å². The number of fused-ring (bicyclic) bond motifs is 1. The number of aromatic nitrogens is 2. The first kappa shape index (κ1) is 18.2. The molecule has 1 unspecified atom stereocenters. The van der Waals surface area contributed by atoms with Crippen molar-refractivity contribution in [2.75, 3.05) is 25.5 Å². The van der Waals surface area contributed by atoms with Crippen molar-refractivity contribution in [3.63, 3.8) is 0 Å². The van der Waals surface area contributed by atoms with E-state index in [2.05, 4.69) is 15.3 Å². The lowest BCUT2D eigenvalue weighted by Gasteiger charge is -2.33. The second kappa shape index (κ2) is 7.80. The third-order valence-corrected chi connectivity index (χ3v) is 4.91. The van der Waals surface area contributed by atoms with E-state index in [1.807, 2.05) is 24.3 Å². The monoisotopic (exact) mass is 380 g/mol. The zero-order valence-corrected chi connectivity index (χ0v) is 15.6. The van der Waals surface area contributed by atoms with Crippen molar-refractivity contribution >= 4 is 22.8 Å². The van der Waals surface area contributed by atoms with Gasteiger partial charge in [0, 0.05) is 19.1 Å². The minimum atomic E-state index is -0.536. The van der Waals surface area contributed by atoms with Crippen LogP contribution in [-0.2, 0) is 0 Å². The van der Waals surface area contributed by atoms with Gasteiger partial charge in [-0.05, 0) is 37.1 Å². The van der Waals surface area contributed by atoms with Gasteiger partial charge in [0.1, 0.15) is 5.82 Å². The van der Waals surface area contributed by atoms with Crippen molar-refractivity contribution in [3.05, 3.63) is 60.0 Å². The lowest BCUT2D eigenvalue weighted by molar-refractivity contribution is 0.0710. The number of halogens is 1. The number of likely N-dealkylation sites (tertiary alicyclic amines) is 1. The van der Waals surface area contributed by atoms with Gasteiger partial charge in [0.25, 0.3) is 5.91 Å². The van der Waals surface area contributed by atoms with E-state index in [1.165, 1.54) is 19.2 Å². The zero-order valence-electron chi connectivity index (χ0n) is 15.6. The molecule has 0 radical (unpaired) electrons. The molecule has 6 nitrogen and oxygen atoms in total. The number of methoxy groups -OCH3 is 1. The summed E-state index contributed by atoms with van der Waals surface area (Å²) < 4.78 is 19.0. The van der Waals surface area contributed by atoms with Gasteiger partial charge in [-0.2, -0.15) is 0 Å². The van der Waals surface area contributed by atoms with Crippen LogP contribution in [0, 0.1) is 5.82 Å². The SMILES string of the molecule is COc1c(F)cccc1C(=O)N1CCCC(Nc2cnc3ccccc3n2)C1. The zero-order chi connectivity index (χ0) is 19.5. The molecule has 1 aromatic heterocycles. The Morgan fingerprint density at radius 3 is 2.86 bits per heavy atom.